The van der Waals surface area contributed by atoms with E-state index in [-0.39, 0.29) is 0 Å². The summed E-state index contributed by atoms with van der Waals surface area (Å²) in [6.45, 7) is 6.99. The van der Waals surface area contributed by atoms with Gasteiger partial charge in [-0.1, -0.05) is 12.1 Å². The zero-order chi connectivity index (χ0) is 13.1. The highest BCUT2D eigenvalue weighted by Crippen LogP contribution is 2.22. The Kier molecular flexibility index (Phi) is 3.72. The second kappa shape index (κ2) is 5.27. The quantitative estimate of drug-likeness (QED) is 0.899. The van der Waals surface area contributed by atoms with E-state index in [4.69, 9.17) is 14.9 Å². The molecular formula is C15H19NO2. The minimum absolute atomic E-state index is 0.426. The van der Waals surface area contributed by atoms with Crippen molar-refractivity contribution in [1.82, 2.24) is 0 Å². The summed E-state index contributed by atoms with van der Waals surface area (Å²) in [4.78, 5) is 0. The summed E-state index contributed by atoms with van der Waals surface area (Å²) >= 11 is 0. The molecule has 3 nitrogen and oxygen atoms in total. The zero-order valence-corrected chi connectivity index (χ0v) is 11.1. The van der Waals surface area contributed by atoms with Crippen LogP contribution >= 0.6 is 0 Å². The van der Waals surface area contributed by atoms with E-state index in [1.807, 2.05) is 25.1 Å². The SMILES string of the molecule is Cc1cc(COc2cccc(C)c2C)oc1CN. The molecule has 1 aromatic carbocycles. The number of rotatable bonds is 4. The smallest absolute Gasteiger partial charge is 0.146 e. The Hall–Kier alpha value is -1.74. The first-order valence-corrected chi connectivity index (χ1v) is 6.09. The summed E-state index contributed by atoms with van der Waals surface area (Å²) in [5.41, 5.74) is 9.06. The summed E-state index contributed by atoms with van der Waals surface area (Å²) in [5, 5.41) is 0. The van der Waals surface area contributed by atoms with E-state index in [0.717, 1.165) is 22.8 Å². The van der Waals surface area contributed by atoms with Crippen LogP contribution in [0.2, 0.25) is 0 Å². The number of aryl methyl sites for hydroxylation is 2. The number of hydrogen-bond acceptors (Lipinski definition) is 3. The van der Waals surface area contributed by atoms with Gasteiger partial charge in [-0.25, -0.2) is 0 Å². The molecule has 0 bridgehead atoms. The van der Waals surface area contributed by atoms with E-state index in [1.54, 1.807) is 0 Å². The molecule has 2 aromatic rings. The Morgan fingerprint density at radius 2 is 1.94 bits per heavy atom. The van der Waals surface area contributed by atoms with Gasteiger partial charge in [0.1, 0.15) is 23.9 Å². The van der Waals surface area contributed by atoms with Crippen molar-refractivity contribution in [2.75, 3.05) is 0 Å². The van der Waals surface area contributed by atoms with Gasteiger partial charge in [0.2, 0.25) is 0 Å². The van der Waals surface area contributed by atoms with Crippen molar-refractivity contribution in [2.45, 2.75) is 33.9 Å². The lowest BCUT2D eigenvalue weighted by Gasteiger charge is -2.09. The molecule has 0 spiro atoms. The summed E-state index contributed by atoms with van der Waals surface area (Å²) < 4.78 is 11.4. The molecule has 0 amide bonds. The third-order valence-corrected chi connectivity index (χ3v) is 3.18. The highest BCUT2D eigenvalue weighted by atomic mass is 16.5. The van der Waals surface area contributed by atoms with Gasteiger partial charge in [-0.2, -0.15) is 0 Å². The fraction of sp³-hybridized carbons (Fsp3) is 0.333. The van der Waals surface area contributed by atoms with E-state index in [9.17, 15) is 0 Å². The fourth-order valence-electron chi connectivity index (χ4n) is 1.89. The van der Waals surface area contributed by atoms with Crippen LogP contribution in [0.25, 0.3) is 0 Å². The van der Waals surface area contributed by atoms with Crippen LogP contribution in [-0.2, 0) is 13.2 Å². The van der Waals surface area contributed by atoms with Crippen LogP contribution in [0.15, 0.2) is 28.7 Å². The van der Waals surface area contributed by atoms with Gasteiger partial charge in [0.25, 0.3) is 0 Å². The van der Waals surface area contributed by atoms with Gasteiger partial charge in [0.15, 0.2) is 0 Å². The number of benzene rings is 1. The van der Waals surface area contributed by atoms with Crippen LogP contribution < -0.4 is 10.5 Å². The molecule has 0 atom stereocenters. The normalized spacial score (nSPS) is 10.7. The summed E-state index contributed by atoms with van der Waals surface area (Å²) in [6.07, 6.45) is 0. The molecule has 2 N–H and O–H groups in total. The molecule has 0 aliphatic rings. The van der Waals surface area contributed by atoms with Gasteiger partial charge < -0.3 is 14.9 Å². The number of hydrogen-bond donors (Lipinski definition) is 1. The maximum Gasteiger partial charge on any atom is 0.146 e. The van der Waals surface area contributed by atoms with E-state index in [1.165, 1.54) is 11.1 Å². The van der Waals surface area contributed by atoms with Crippen molar-refractivity contribution in [2.24, 2.45) is 5.73 Å². The zero-order valence-electron chi connectivity index (χ0n) is 11.1. The molecule has 0 fully saturated rings. The van der Waals surface area contributed by atoms with Crippen LogP contribution in [0.1, 0.15) is 28.2 Å². The maximum absolute atomic E-state index is 5.78. The first-order chi connectivity index (χ1) is 8.61. The first-order valence-electron chi connectivity index (χ1n) is 6.09. The van der Waals surface area contributed by atoms with Gasteiger partial charge in [-0.3, -0.25) is 0 Å². The topological polar surface area (TPSA) is 48.4 Å². The molecule has 2 rings (SSSR count). The average molecular weight is 245 g/mol. The molecule has 3 heteroatoms. The summed E-state index contributed by atoms with van der Waals surface area (Å²) in [5.74, 6) is 2.54. The molecule has 0 saturated heterocycles. The molecule has 0 aliphatic carbocycles. The van der Waals surface area contributed by atoms with E-state index in [0.29, 0.717) is 13.2 Å². The molecule has 0 radical (unpaired) electrons. The van der Waals surface area contributed by atoms with E-state index < -0.39 is 0 Å². The lowest BCUT2D eigenvalue weighted by atomic mass is 10.1. The predicted octanol–water partition coefficient (Wildman–Crippen LogP) is 3.24. The second-order valence-electron chi connectivity index (χ2n) is 4.51. The number of ether oxygens (including phenoxy) is 1. The van der Waals surface area contributed by atoms with E-state index >= 15 is 0 Å². The minimum atomic E-state index is 0.426. The molecule has 0 saturated carbocycles. The Bertz CT molecular complexity index is 543. The van der Waals surface area contributed by atoms with Gasteiger partial charge in [0, 0.05) is 0 Å². The Balaban J connectivity index is 2.09. The molecule has 1 heterocycles. The van der Waals surface area contributed by atoms with Crippen molar-refractivity contribution >= 4 is 0 Å². The third kappa shape index (κ3) is 2.57. The molecule has 1 aromatic heterocycles. The minimum Gasteiger partial charge on any atom is -0.485 e. The van der Waals surface area contributed by atoms with Gasteiger partial charge in [-0.05, 0) is 49.6 Å². The van der Waals surface area contributed by atoms with Crippen molar-refractivity contribution in [1.29, 1.82) is 0 Å². The van der Waals surface area contributed by atoms with Crippen molar-refractivity contribution < 1.29 is 9.15 Å². The van der Waals surface area contributed by atoms with Crippen molar-refractivity contribution in [3.8, 4) is 5.75 Å². The molecule has 96 valence electrons. The van der Waals surface area contributed by atoms with E-state index in [2.05, 4.69) is 19.9 Å². The lowest BCUT2D eigenvalue weighted by Crippen LogP contribution is -1.97. The number of nitrogens with two attached hydrogens (primary N) is 1. The maximum atomic E-state index is 5.78. The summed E-state index contributed by atoms with van der Waals surface area (Å²) in [6, 6.07) is 8.03. The monoisotopic (exact) mass is 245 g/mol. The standard InChI is InChI=1S/C15H19NO2/c1-10-5-4-6-14(12(10)3)17-9-13-7-11(2)15(8-16)18-13/h4-7H,8-9,16H2,1-3H3. The Morgan fingerprint density at radius 1 is 1.17 bits per heavy atom. The predicted molar refractivity (Wildman–Crippen MR) is 71.6 cm³/mol. The van der Waals surface area contributed by atoms with Crippen molar-refractivity contribution in [3.05, 3.63) is 52.5 Å². The first kappa shape index (κ1) is 12.7. The second-order valence-corrected chi connectivity index (χ2v) is 4.51. The van der Waals surface area contributed by atoms with Crippen LogP contribution in [0.3, 0.4) is 0 Å². The fourth-order valence-corrected chi connectivity index (χ4v) is 1.89. The van der Waals surface area contributed by atoms with Crippen LogP contribution in [0, 0.1) is 20.8 Å². The molecule has 0 unspecified atom stereocenters. The highest BCUT2D eigenvalue weighted by molar-refractivity contribution is 5.38. The molecule has 18 heavy (non-hydrogen) atoms. The highest BCUT2D eigenvalue weighted by Gasteiger charge is 2.08. The van der Waals surface area contributed by atoms with Crippen LogP contribution in [0.5, 0.6) is 5.75 Å². The third-order valence-electron chi connectivity index (χ3n) is 3.18. The summed E-state index contributed by atoms with van der Waals surface area (Å²) in [7, 11) is 0. The largest absolute Gasteiger partial charge is 0.485 e. The Labute approximate surface area is 108 Å². The van der Waals surface area contributed by atoms with Gasteiger partial charge >= 0.3 is 0 Å². The Morgan fingerprint density at radius 3 is 2.61 bits per heavy atom. The lowest BCUT2D eigenvalue weighted by molar-refractivity contribution is 0.264. The number of furan rings is 1. The van der Waals surface area contributed by atoms with Gasteiger partial charge in [-0.15, -0.1) is 0 Å². The van der Waals surface area contributed by atoms with Gasteiger partial charge in [0.05, 0.1) is 6.54 Å². The molecular weight excluding hydrogens is 226 g/mol. The van der Waals surface area contributed by atoms with Crippen molar-refractivity contribution in [3.63, 3.8) is 0 Å². The average Bonchev–Trinajstić information content (AvgIpc) is 2.72. The van der Waals surface area contributed by atoms with Crippen LogP contribution in [-0.4, -0.2) is 0 Å². The van der Waals surface area contributed by atoms with Crippen LogP contribution in [0.4, 0.5) is 0 Å². The molecule has 0 aliphatic heterocycles.